The molecule has 0 radical (unpaired) electrons. The number of aryl methyl sites for hydroxylation is 2. The van der Waals surface area contributed by atoms with Crippen LogP contribution in [0, 0.1) is 19.3 Å². The highest BCUT2D eigenvalue weighted by Crippen LogP contribution is 2.27. The van der Waals surface area contributed by atoms with Gasteiger partial charge in [-0.05, 0) is 55.8 Å². The van der Waals surface area contributed by atoms with Gasteiger partial charge in [0.2, 0.25) is 0 Å². The summed E-state index contributed by atoms with van der Waals surface area (Å²) in [6.45, 7) is 6.37. The first kappa shape index (κ1) is 13.2. The number of hydrogen-bond donors (Lipinski definition) is 0. The van der Waals surface area contributed by atoms with Crippen LogP contribution in [0.1, 0.15) is 36.5 Å². The third-order valence-corrected chi connectivity index (χ3v) is 4.02. The molecule has 18 heavy (non-hydrogen) atoms. The van der Waals surface area contributed by atoms with Crippen molar-refractivity contribution in [3.05, 3.63) is 34.9 Å². The molecule has 0 aliphatic heterocycles. The van der Waals surface area contributed by atoms with Gasteiger partial charge in [0.1, 0.15) is 0 Å². The average molecular weight is 241 g/mol. The van der Waals surface area contributed by atoms with Gasteiger partial charge in [-0.1, -0.05) is 31.0 Å². The first-order valence-electron chi connectivity index (χ1n) is 7.01. The van der Waals surface area contributed by atoms with Gasteiger partial charge in [0.15, 0.2) is 0 Å². The summed E-state index contributed by atoms with van der Waals surface area (Å²) in [5, 5.41) is 0. The number of rotatable bonds is 4. The van der Waals surface area contributed by atoms with Gasteiger partial charge in [-0.15, -0.1) is 6.42 Å². The van der Waals surface area contributed by atoms with Crippen LogP contribution in [0.5, 0.6) is 0 Å². The Morgan fingerprint density at radius 2 is 2.28 bits per heavy atom. The lowest BCUT2D eigenvalue weighted by atomic mass is 9.85. The molecule has 0 bridgehead atoms. The molecule has 0 fully saturated rings. The Morgan fingerprint density at radius 1 is 1.44 bits per heavy atom. The SMILES string of the molecule is C#CCN(CCC)C1CCc2cccc(C)c2C1. The number of terminal acetylenes is 1. The van der Waals surface area contributed by atoms with E-state index in [0.717, 1.165) is 13.1 Å². The molecular weight excluding hydrogens is 218 g/mol. The van der Waals surface area contributed by atoms with Gasteiger partial charge >= 0.3 is 0 Å². The fourth-order valence-corrected chi connectivity index (χ4v) is 3.06. The molecule has 0 saturated heterocycles. The second-order valence-corrected chi connectivity index (χ2v) is 5.28. The molecule has 1 nitrogen and oxygen atoms in total. The maximum absolute atomic E-state index is 5.50. The van der Waals surface area contributed by atoms with Crippen molar-refractivity contribution in [2.45, 2.75) is 45.6 Å². The highest BCUT2D eigenvalue weighted by molar-refractivity contribution is 5.37. The summed E-state index contributed by atoms with van der Waals surface area (Å²) in [7, 11) is 0. The van der Waals surface area contributed by atoms with Crippen LogP contribution in [0.2, 0.25) is 0 Å². The predicted molar refractivity (Wildman–Crippen MR) is 77.7 cm³/mol. The van der Waals surface area contributed by atoms with Crippen LogP contribution in [0.15, 0.2) is 18.2 Å². The fraction of sp³-hybridized carbons (Fsp3) is 0.529. The van der Waals surface area contributed by atoms with Crippen LogP contribution in [0.25, 0.3) is 0 Å². The molecule has 0 amide bonds. The van der Waals surface area contributed by atoms with E-state index in [-0.39, 0.29) is 0 Å². The fourth-order valence-electron chi connectivity index (χ4n) is 3.06. The van der Waals surface area contributed by atoms with Gasteiger partial charge < -0.3 is 0 Å². The van der Waals surface area contributed by atoms with Crippen molar-refractivity contribution in [1.29, 1.82) is 0 Å². The highest BCUT2D eigenvalue weighted by Gasteiger charge is 2.24. The van der Waals surface area contributed by atoms with Gasteiger partial charge in [-0.25, -0.2) is 0 Å². The summed E-state index contributed by atoms with van der Waals surface area (Å²) in [6.07, 6.45) is 10.3. The Labute approximate surface area is 111 Å². The first-order chi connectivity index (χ1) is 8.76. The minimum Gasteiger partial charge on any atom is -0.289 e. The Kier molecular flexibility index (Phi) is 4.44. The molecule has 0 N–H and O–H groups in total. The van der Waals surface area contributed by atoms with E-state index in [1.165, 1.54) is 31.2 Å². The van der Waals surface area contributed by atoms with E-state index < -0.39 is 0 Å². The van der Waals surface area contributed by atoms with Crippen LogP contribution < -0.4 is 0 Å². The Morgan fingerprint density at radius 3 is 3.00 bits per heavy atom. The van der Waals surface area contributed by atoms with Crippen molar-refractivity contribution in [1.82, 2.24) is 4.90 Å². The van der Waals surface area contributed by atoms with E-state index >= 15 is 0 Å². The van der Waals surface area contributed by atoms with Crippen LogP contribution in [0.3, 0.4) is 0 Å². The van der Waals surface area contributed by atoms with E-state index in [1.807, 2.05) is 0 Å². The quantitative estimate of drug-likeness (QED) is 0.732. The van der Waals surface area contributed by atoms with Crippen LogP contribution in [-0.2, 0) is 12.8 Å². The van der Waals surface area contributed by atoms with Gasteiger partial charge in [-0.3, -0.25) is 4.90 Å². The maximum atomic E-state index is 5.50. The van der Waals surface area contributed by atoms with Crippen molar-refractivity contribution < 1.29 is 0 Å². The summed E-state index contributed by atoms with van der Waals surface area (Å²) in [4.78, 5) is 2.48. The van der Waals surface area contributed by atoms with Crippen LogP contribution in [0.4, 0.5) is 0 Å². The van der Waals surface area contributed by atoms with Gasteiger partial charge in [-0.2, -0.15) is 0 Å². The lowest BCUT2D eigenvalue weighted by Gasteiger charge is -2.34. The van der Waals surface area contributed by atoms with Crippen molar-refractivity contribution in [2.75, 3.05) is 13.1 Å². The predicted octanol–water partition coefficient (Wildman–Crippen LogP) is 3.20. The third-order valence-electron chi connectivity index (χ3n) is 4.02. The molecule has 2 rings (SSSR count). The normalized spacial score (nSPS) is 18.4. The molecule has 1 heteroatoms. The Hall–Kier alpha value is -1.26. The molecule has 1 aromatic rings. The number of hydrogen-bond acceptors (Lipinski definition) is 1. The molecule has 0 heterocycles. The van der Waals surface area contributed by atoms with Crippen molar-refractivity contribution >= 4 is 0 Å². The third kappa shape index (κ3) is 2.76. The zero-order chi connectivity index (χ0) is 13.0. The van der Waals surface area contributed by atoms with E-state index in [1.54, 1.807) is 11.1 Å². The van der Waals surface area contributed by atoms with E-state index in [4.69, 9.17) is 6.42 Å². The molecule has 1 aliphatic carbocycles. The van der Waals surface area contributed by atoms with Crippen molar-refractivity contribution in [3.8, 4) is 12.3 Å². The lowest BCUT2D eigenvalue weighted by molar-refractivity contribution is 0.202. The topological polar surface area (TPSA) is 3.24 Å². The molecule has 0 saturated carbocycles. The van der Waals surface area contributed by atoms with E-state index in [9.17, 15) is 0 Å². The van der Waals surface area contributed by atoms with E-state index in [0.29, 0.717) is 6.04 Å². The van der Waals surface area contributed by atoms with E-state index in [2.05, 4.69) is 42.9 Å². The van der Waals surface area contributed by atoms with Crippen molar-refractivity contribution in [3.63, 3.8) is 0 Å². The second kappa shape index (κ2) is 6.07. The molecule has 0 aromatic heterocycles. The second-order valence-electron chi connectivity index (χ2n) is 5.28. The molecule has 0 spiro atoms. The largest absolute Gasteiger partial charge is 0.289 e. The van der Waals surface area contributed by atoms with Crippen LogP contribution >= 0.6 is 0 Å². The standard InChI is InChI=1S/C17H23N/c1-4-11-18(12-5-2)16-10-9-15-8-6-7-14(3)17(15)13-16/h1,6-8,16H,5,9-13H2,2-3H3. The monoisotopic (exact) mass is 241 g/mol. The Bertz CT molecular complexity index is 441. The summed E-state index contributed by atoms with van der Waals surface area (Å²) >= 11 is 0. The minimum absolute atomic E-state index is 0.634. The zero-order valence-electron chi connectivity index (χ0n) is 11.6. The number of nitrogens with zero attached hydrogens (tertiary/aromatic N) is 1. The first-order valence-corrected chi connectivity index (χ1v) is 7.01. The van der Waals surface area contributed by atoms with Gasteiger partial charge in [0.25, 0.3) is 0 Å². The maximum Gasteiger partial charge on any atom is 0.0601 e. The summed E-state index contributed by atoms with van der Waals surface area (Å²) in [6, 6.07) is 7.32. The molecule has 96 valence electrons. The van der Waals surface area contributed by atoms with Gasteiger partial charge in [0, 0.05) is 6.04 Å². The zero-order valence-corrected chi connectivity index (χ0v) is 11.6. The summed E-state index contributed by atoms with van der Waals surface area (Å²) in [5.74, 6) is 2.81. The van der Waals surface area contributed by atoms with Gasteiger partial charge in [0.05, 0.1) is 6.54 Å². The molecule has 1 atom stereocenters. The number of fused-ring (bicyclic) bond motifs is 1. The van der Waals surface area contributed by atoms with Crippen molar-refractivity contribution in [2.24, 2.45) is 0 Å². The molecule has 1 aliphatic rings. The minimum atomic E-state index is 0.634. The smallest absolute Gasteiger partial charge is 0.0601 e. The summed E-state index contributed by atoms with van der Waals surface area (Å²) in [5.41, 5.74) is 4.55. The Balaban J connectivity index is 2.15. The van der Waals surface area contributed by atoms with Crippen LogP contribution in [-0.4, -0.2) is 24.0 Å². The molecular formula is C17H23N. The highest BCUT2D eigenvalue weighted by atomic mass is 15.1. The number of benzene rings is 1. The molecule has 1 unspecified atom stereocenters. The molecule has 1 aromatic carbocycles. The average Bonchev–Trinajstić information content (AvgIpc) is 2.39. The summed E-state index contributed by atoms with van der Waals surface area (Å²) < 4.78 is 0. The lowest BCUT2D eigenvalue weighted by Crippen LogP contribution is -2.40.